The molecule has 0 fully saturated rings. The van der Waals surface area contributed by atoms with Crippen LogP contribution in [0.25, 0.3) is 0 Å². The molecule has 0 heterocycles. The van der Waals surface area contributed by atoms with Gasteiger partial charge in [-0.1, -0.05) is 56.1 Å². The molecule has 2 rings (SSSR count). The van der Waals surface area contributed by atoms with Gasteiger partial charge in [-0.05, 0) is 30.2 Å². The maximum atomic E-state index is 13.6. The Hall–Kier alpha value is -0.740. The third-order valence-electron chi connectivity index (χ3n) is 2.62. The smallest absolute Gasteiger partial charge is 0.163 e. The van der Waals surface area contributed by atoms with E-state index in [1.165, 1.54) is 6.07 Å². The Morgan fingerprint density at radius 2 is 1.78 bits per heavy atom. The summed E-state index contributed by atoms with van der Waals surface area (Å²) in [6.07, 6.45) is 0.597. The maximum Gasteiger partial charge on any atom is 0.163 e. The minimum atomic E-state index is -0.814. The number of rotatable bonds is 3. The summed E-state index contributed by atoms with van der Waals surface area (Å²) in [5, 5.41) is 0. The highest BCUT2D eigenvalue weighted by atomic mass is 79.9. The minimum Gasteiger partial charge on any atom is -0.204 e. The third kappa shape index (κ3) is 3.18. The molecule has 94 valence electrons. The monoisotopic (exact) mass is 374 g/mol. The summed E-state index contributed by atoms with van der Waals surface area (Å²) in [6, 6.07) is 12.0. The van der Waals surface area contributed by atoms with Crippen LogP contribution < -0.4 is 0 Å². The molecule has 0 saturated carbocycles. The van der Waals surface area contributed by atoms with Crippen molar-refractivity contribution < 1.29 is 8.78 Å². The summed E-state index contributed by atoms with van der Waals surface area (Å²) in [7, 11) is 0. The lowest BCUT2D eigenvalue weighted by Crippen LogP contribution is -2.00. The summed E-state index contributed by atoms with van der Waals surface area (Å²) in [4.78, 5) is -0.248. The van der Waals surface area contributed by atoms with E-state index in [0.29, 0.717) is 12.0 Å². The molecule has 0 saturated heterocycles. The van der Waals surface area contributed by atoms with Crippen molar-refractivity contribution in [2.45, 2.75) is 11.2 Å². The minimum absolute atomic E-state index is 0.248. The van der Waals surface area contributed by atoms with Crippen molar-refractivity contribution in [1.29, 1.82) is 0 Å². The van der Waals surface area contributed by atoms with Crippen LogP contribution in [0.2, 0.25) is 0 Å². The molecule has 0 aliphatic heterocycles. The SMILES string of the molecule is Fc1cccc(C(Br)Cc2cccc(Br)c2)c1F. The standard InChI is InChI=1S/C14H10Br2F2/c15-10-4-1-3-9(7-10)8-12(16)11-5-2-6-13(17)14(11)18/h1-7,12H,8H2. The first kappa shape index (κ1) is 13.7. The molecule has 0 radical (unpaired) electrons. The van der Waals surface area contributed by atoms with E-state index in [2.05, 4.69) is 31.9 Å². The molecule has 18 heavy (non-hydrogen) atoms. The third-order valence-corrected chi connectivity index (χ3v) is 3.93. The first-order chi connectivity index (χ1) is 8.58. The van der Waals surface area contributed by atoms with Crippen LogP contribution >= 0.6 is 31.9 Å². The number of halogens is 4. The lowest BCUT2D eigenvalue weighted by Gasteiger charge is -2.12. The second-order valence-electron chi connectivity index (χ2n) is 3.94. The van der Waals surface area contributed by atoms with E-state index in [1.54, 1.807) is 6.07 Å². The van der Waals surface area contributed by atoms with E-state index in [0.717, 1.165) is 16.1 Å². The van der Waals surface area contributed by atoms with Gasteiger partial charge in [-0.25, -0.2) is 8.78 Å². The van der Waals surface area contributed by atoms with Gasteiger partial charge in [-0.15, -0.1) is 0 Å². The summed E-state index contributed by atoms with van der Waals surface area (Å²) >= 11 is 6.80. The van der Waals surface area contributed by atoms with E-state index in [4.69, 9.17) is 0 Å². The zero-order chi connectivity index (χ0) is 13.1. The molecule has 4 heteroatoms. The van der Waals surface area contributed by atoms with Crippen LogP contribution in [0.3, 0.4) is 0 Å². The van der Waals surface area contributed by atoms with Crippen LogP contribution in [0.15, 0.2) is 46.9 Å². The van der Waals surface area contributed by atoms with Crippen LogP contribution in [0.4, 0.5) is 8.78 Å². The molecule has 0 spiro atoms. The first-order valence-electron chi connectivity index (χ1n) is 5.40. The van der Waals surface area contributed by atoms with Gasteiger partial charge in [-0.3, -0.25) is 0 Å². The molecule has 1 unspecified atom stereocenters. The summed E-state index contributed by atoms with van der Waals surface area (Å²) in [5.41, 5.74) is 1.39. The van der Waals surface area contributed by atoms with Crippen molar-refractivity contribution in [1.82, 2.24) is 0 Å². The summed E-state index contributed by atoms with van der Waals surface area (Å²) < 4.78 is 27.7. The van der Waals surface area contributed by atoms with Gasteiger partial charge in [0.25, 0.3) is 0 Å². The zero-order valence-electron chi connectivity index (χ0n) is 9.34. The number of alkyl halides is 1. The van der Waals surface area contributed by atoms with Gasteiger partial charge in [-0.2, -0.15) is 0 Å². The van der Waals surface area contributed by atoms with Gasteiger partial charge in [0.05, 0.1) is 0 Å². The van der Waals surface area contributed by atoms with Crippen molar-refractivity contribution in [3.05, 3.63) is 69.7 Å². The van der Waals surface area contributed by atoms with Gasteiger partial charge in [0.1, 0.15) is 0 Å². The lowest BCUT2D eigenvalue weighted by atomic mass is 10.0. The fraction of sp³-hybridized carbons (Fsp3) is 0.143. The maximum absolute atomic E-state index is 13.6. The van der Waals surface area contributed by atoms with E-state index in [1.807, 2.05) is 24.3 Å². The molecule has 2 aromatic carbocycles. The van der Waals surface area contributed by atoms with Crippen LogP contribution in [0.1, 0.15) is 16.0 Å². The molecule has 0 bridgehead atoms. The van der Waals surface area contributed by atoms with Crippen molar-refractivity contribution in [3.63, 3.8) is 0 Å². The summed E-state index contributed by atoms with van der Waals surface area (Å²) in [6.45, 7) is 0. The number of hydrogen-bond acceptors (Lipinski definition) is 0. The fourth-order valence-electron chi connectivity index (χ4n) is 1.74. The molecular formula is C14H10Br2F2. The molecule has 0 nitrogen and oxygen atoms in total. The average Bonchev–Trinajstić information content (AvgIpc) is 2.32. The highest BCUT2D eigenvalue weighted by molar-refractivity contribution is 9.10. The van der Waals surface area contributed by atoms with Crippen LogP contribution in [0, 0.1) is 11.6 Å². The number of hydrogen-bond donors (Lipinski definition) is 0. The Balaban J connectivity index is 2.22. The molecule has 0 aromatic heterocycles. The molecule has 1 atom stereocenters. The predicted molar refractivity (Wildman–Crippen MR) is 75.9 cm³/mol. The Morgan fingerprint density at radius 1 is 1.06 bits per heavy atom. The Bertz CT molecular complexity index is 555. The zero-order valence-corrected chi connectivity index (χ0v) is 12.5. The largest absolute Gasteiger partial charge is 0.204 e. The van der Waals surface area contributed by atoms with Crippen molar-refractivity contribution in [3.8, 4) is 0 Å². The fourth-order valence-corrected chi connectivity index (χ4v) is 2.92. The van der Waals surface area contributed by atoms with Crippen molar-refractivity contribution in [2.75, 3.05) is 0 Å². The molecule has 0 amide bonds. The predicted octanol–water partition coefficient (Wildman–Crippen LogP) is 5.41. The Kier molecular flexibility index (Phi) is 4.51. The normalized spacial score (nSPS) is 12.4. The van der Waals surface area contributed by atoms with E-state index in [-0.39, 0.29) is 4.83 Å². The Morgan fingerprint density at radius 3 is 2.50 bits per heavy atom. The summed E-state index contributed by atoms with van der Waals surface area (Å²) in [5.74, 6) is -1.60. The van der Waals surface area contributed by atoms with Crippen molar-refractivity contribution in [2.24, 2.45) is 0 Å². The van der Waals surface area contributed by atoms with Gasteiger partial charge in [0, 0.05) is 14.9 Å². The van der Waals surface area contributed by atoms with Gasteiger partial charge >= 0.3 is 0 Å². The van der Waals surface area contributed by atoms with E-state index < -0.39 is 11.6 Å². The second-order valence-corrected chi connectivity index (χ2v) is 5.97. The first-order valence-corrected chi connectivity index (χ1v) is 7.11. The second kappa shape index (κ2) is 5.93. The van der Waals surface area contributed by atoms with Gasteiger partial charge in [0.2, 0.25) is 0 Å². The van der Waals surface area contributed by atoms with E-state index in [9.17, 15) is 8.78 Å². The number of benzene rings is 2. The highest BCUT2D eigenvalue weighted by Gasteiger charge is 2.16. The lowest BCUT2D eigenvalue weighted by molar-refractivity contribution is 0.498. The molecular weight excluding hydrogens is 366 g/mol. The van der Waals surface area contributed by atoms with Gasteiger partial charge < -0.3 is 0 Å². The quantitative estimate of drug-likeness (QED) is 0.629. The van der Waals surface area contributed by atoms with Crippen LogP contribution in [-0.2, 0) is 6.42 Å². The molecule has 0 N–H and O–H groups in total. The molecule has 0 aliphatic rings. The van der Waals surface area contributed by atoms with Crippen LogP contribution in [-0.4, -0.2) is 0 Å². The topological polar surface area (TPSA) is 0 Å². The van der Waals surface area contributed by atoms with Gasteiger partial charge in [0.15, 0.2) is 11.6 Å². The molecule has 0 aliphatic carbocycles. The van der Waals surface area contributed by atoms with Crippen molar-refractivity contribution >= 4 is 31.9 Å². The average molecular weight is 376 g/mol. The highest BCUT2D eigenvalue weighted by Crippen LogP contribution is 2.30. The van der Waals surface area contributed by atoms with E-state index >= 15 is 0 Å². The van der Waals surface area contributed by atoms with Crippen LogP contribution in [0.5, 0.6) is 0 Å². The molecule has 2 aromatic rings. The Labute approximate surface area is 121 Å².